The van der Waals surface area contributed by atoms with Gasteiger partial charge in [0.15, 0.2) is 0 Å². The van der Waals surface area contributed by atoms with Crippen molar-refractivity contribution >= 4 is 5.91 Å². The number of rotatable bonds is 4. The van der Waals surface area contributed by atoms with Crippen molar-refractivity contribution in [3.05, 3.63) is 0 Å². The van der Waals surface area contributed by atoms with Crippen LogP contribution >= 0.6 is 0 Å². The van der Waals surface area contributed by atoms with Crippen molar-refractivity contribution in [2.24, 2.45) is 0 Å². The number of nitrogens with one attached hydrogen (secondary N) is 1. The minimum absolute atomic E-state index is 0.0368. The molecule has 2 rings (SSSR count). The number of carbonyl (C=O) groups excluding carboxylic acids is 1. The van der Waals surface area contributed by atoms with Crippen LogP contribution < -0.4 is 5.32 Å². The second kappa shape index (κ2) is 7.28. The van der Waals surface area contributed by atoms with Gasteiger partial charge in [0.25, 0.3) is 0 Å². The summed E-state index contributed by atoms with van der Waals surface area (Å²) in [5.74, 6) is 0.0368. The van der Waals surface area contributed by atoms with Crippen molar-refractivity contribution < 1.29 is 9.90 Å². The Balaban J connectivity index is 1.87. The number of nitrogens with zero attached hydrogens (tertiary/aromatic N) is 2. The normalized spacial score (nSPS) is 24.7. The van der Waals surface area contributed by atoms with Crippen LogP contribution in [0.15, 0.2) is 0 Å². The van der Waals surface area contributed by atoms with E-state index >= 15 is 0 Å². The van der Waals surface area contributed by atoms with Gasteiger partial charge in [-0.2, -0.15) is 0 Å². The molecule has 5 nitrogen and oxygen atoms in total. The van der Waals surface area contributed by atoms with E-state index in [-0.39, 0.29) is 5.91 Å². The van der Waals surface area contributed by atoms with Gasteiger partial charge in [-0.25, -0.2) is 0 Å². The van der Waals surface area contributed by atoms with Crippen LogP contribution in [-0.4, -0.2) is 71.7 Å². The highest BCUT2D eigenvalue weighted by atomic mass is 16.3. The molecule has 0 bridgehead atoms. The third kappa shape index (κ3) is 4.43. The molecule has 1 saturated heterocycles. The van der Waals surface area contributed by atoms with E-state index in [1.54, 1.807) is 0 Å². The van der Waals surface area contributed by atoms with Gasteiger partial charge in [0.05, 0.1) is 11.1 Å². The Hall–Kier alpha value is -0.650. The molecular weight excluding hydrogens is 278 g/mol. The van der Waals surface area contributed by atoms with Gasteiger partial charge >= 0.3 is 0 Å². The monoisotopic (exact) mass is 311 g/mol. The maximum Gasteiger partial charge on any atom is 0.240 e. The lowest BCUT2D eigenvalue weighted by Crippen LogP contribution is -2.61. The topological polar surface area (TPSA) is 55.8 Å². The van der Waals surface area contributed by atoms with E-state index in [0.717, 1.165) is 51.9 Å². The summed E-state index contributed by atoms with van der Waals surface area (Å²) in [6.07, 6.45) is 6.14. The molecule has 2 aliphatic rings. The quantitative estimate of drug-likeness (QED) is 0.767. The molecule has 0 aromatic carbocycles. The zero-order chi connectivity index (χ0) is 16.2. The van der Waals surface area contributed by atoms with Gasteiger partial charge in [0.2, 0.25) is 5.91 Å². The maximum atomic E-state index is 12.6. The first kappa shape index (κ1) is 17.7. The molecule has 1 saturated carbocycles. The second-order valence-corrected chi connectivity index (χ2v) is 7.67. The Bertz CT molecular complexity index is 368. The van der Waals surface area contributed by atoms with Crippen molar-refractivity contribution in [1.29, 1.82) is 0 Å². The summed E-state index contributed by atoms with van der Waals surface area (Å²) in [6.45, 7) is 8.21. The lowest BCUT2D eigenvalue weighted by molar-refractivity contribution is -0.134. The van der Waals surface area contributed by atoms with Crippen LogP contribution in [0.5, 0.6) is 0 Å². The van der Waals surface area contributed by atoms with Gasteiger partial charge in [-0.1, -0.05) is 25.7 Å². The van der Waals surface area contributed by atoms with E-state index in [2.05, 4.69) is 22.2 Å². The molecule has 0 spiro atoms. The first-order chi connectivity index (χ1) is 10.3. The van der Waals surface area contributed by atoms with Crippen molar-refractivity contribution in [2.75, 3.05) is 39.8 Å². The average Bonchev–Trinajstić information content (AvgIpc) is 2.70. The zero-order valence-electron chi connectivity index (χ0n) is 14.5. The molecule has 2 fully saturated rings. The zero-order valence-corrected chi connectivity index (χ0v) is 14.5. The summed E-state index contributed by atoms with van der Waals surface area (Å²) in [5, 5.41) is 13.7. The number of amides is 1. The summed E-state index contributed by atoms with van der Waals surface area (Å²) in [7, 11) is 2.12. The molecule has 1 heterocycles. The van der Waals surface area contributed by atoms with Gasteiger partial charge < -0.3 is 15.3 Å². The minimum atomic E-state index is -0.704. The molecule has 0 atom stereocenters. The van der Waals surface area contributed by atoms with E-state index < -0.39 is 11.1 Å². The Morgan fingerprint density at radius 2 is 1.64 bits per heavy atom. The van der Waals surface area contributed by atoms with Crippen LogP contribution in [0.3, 0.4) is 0 Å². The van der Waals surface area contributed by atoms with Crippen LogP contribution in [0.25, 0.3) is 0 Å². The molecule has 1 aliphatic heterocycles. The molecule has 0 aromatic heterocycles. The van der Waals surface area contributed by atoms with Crippen molar-refractivity contribution in [3.8, 4) is 0 Å². The SMILES string of the molecule is CN1CCN(C(C)(C)C(=O)NCC2(O)CCCCCC2)CC1. The van der Waals surface area contributed by atoms with Crippen molar-refractivity contribution in [3.63, 3.8) is 0 Å². The van der Waals surface area contributed by atoms with Gasteiger partial charge in [-0.15, -0.1) is 0 Å². The maximum absolute atomic E-state index is 12.6. The molecular formula is C17H33N3O2. The predicted octanol–water partition coefficient (Wildman–Crippen LogP) is 1.21. The van der Waals surface area contributed by atoms with E-state index in [1.165, 1.54) is 12.8 Å². The first-order valence-electron chi connectivity index (χ1n) is 8.78. The minimum Gasteiger partial charge on any atom is -0.388 e. The van der Waals surface area contributed by atoms with Crippen molar-refractivity contribution in [1.82, 2.24) is 15.1 Å². The highest BCUT2D eigenvalue weighted by molar-refractivity contribution is 5.85. The van der Waals surface area contributed by atoms with E-state index in [9.17, 15) is 9.90 Å². The van der Waals surface area contributed by atoms with Gasteiger partial charge in [0, 0.05) is 32.7 Å². The van der Waals surface area contributed by atoms with Gasteiger partial charge in [-0.3, -0.25) is 9.69 Å². The highest BCUT2D eigenvalue weighted by Gasteiger charge is 2.37. The molecule has 22 heavy (non-hydrogen) atoms. The number of piperazine rings is 1. The molecule has 5 heteroatoms. The first-order valence-corrected chi connectivity index (χ1v) is 8.78. The summed E-state index contributed by atoms with van der Waals surface area (Å²) in [5.41, 5.74) is -1.22. The van der Waals surface area contributed by atoms with E-state index in [4.69, 9.17) is 0 Å². The second-order valence-electron chi connectivity index (χ2n) is 7.67. The molecule has 128 valence electrons. The smallest absolute Gasteiger partial charge is 0.240 e. The third-order valence-electron chi connectivity index (χ3n) is 5.46. The number of aliphatic hydroxyl groups is 1. The Labute approximate surface area is 135 Å². The Kier molecular flexibility index (Phi) is 5.86. The summed E-state index contributed by atoms with van der Waals surface area (Å²) in [4.78, 5) is 17.2. The van der Waals surface area contributed by atoms with E-state index in [0.29, 0.717) is 6.54 Å². The number of hydrogen-bond acceptors (Lipinski definition) is 4. The Morgan fingerprint density at radius 1 is 1.09 bits per heavy atom. The molecule has 1 amide bonds. The Morgan fingerprint density at radius 3 is 2.18 bits per heavy atom. The lowest BCUT2D eigenvalue weighted by atomic mass is 9.93. The number of carbonyl (C=O) groups is 1. The molecule has 1 aliphatic carbocycles. The predicted molar refractivity (Wildman–Crippen MR) is 88.8 cm³/mol. The fraction of sp³-hybridized carbons (Fsp3) is 0.941. The summed E-state index contributed by atoms with van der Waals surface area (Å²) >= 11 is 0. The highest BCUT2D eigenvalue weighted by Crippen LogP contribution is 2.26. The summed E-state index contributed by atoms with van der Waals surface area (Å²) in [6, 6.07) is 0. The average molecular weight is 311 g/mol. The molecule has 0 aromatic rings. The summed E-state index contributed by atoms with van der Waals surface area (Å²) < 4.78 is 0. The number of likely N-dealkylation sites (N-methyl/N-ethyl adjacent to an activating group) is 1. The standard InChI is InChI=1S/C17H33N3O2/c1-16(2,20-12-10-19(3)11-13-20)15(21)18-14-17(22)8-6-4-5-7-9-17/h22H,4-14H2,1-3H3,(H,18,21). The van der Waals surface area contributed by atoms with Gasteiger partial charge in [-0.05, 0) is 33.7 Å². The fourth-order valence-corrected chi connectivity index (χ4v) is 3.53. The van der Waals surface area contributed by atoms with Crippen LogP contribution in [0.1, 0.15) is 52.4 Å². The van der Waals surface area contributed by atoms with Crippen molar-refractivity contribution in [2.45, 2.75) is 63.5 Å². The van der Waals surface area contributed by atoms with Crippen LogP contribution in [0.4, 0.5) is 0 Å². The van der Waals surface area contributed by atoms with Crippen LogP contribution in [0, 0.1) is 0 Å². The van der Waals surface area contributed by atoms with Gasteiger partial charge in [0.1, 0.15) is 0 Å². The van der Waals surface area contributed by atoms with Crippen LogP contribution in [0.2, 0.25) is 0 Å². The largest absolute Gasteiger partial charge is 0.388 e. The lowest BCUT2D eigenvalue weighted by Gasteiger charge is -2.42. The fourth-order valence-electron chi connectivity index (χ4n) is 3.53. The van der Waals surface area contributed by atoms with E-state index in [1.807, 2.05) is 13.8 Å². The third-order valence-corrected chi connectivity index (χ3v) is 5.46. The molecule has 0 radical (unpaired) electrons. The molecule has 0 unspecified atom stereocenters. The van der Waals surface area contributed by atoms with Crippen LogP contribution in [-0.2, 0) is 4.79 Å². The molecule has 2 N–H and O–H groups in total. The number of hydrogen-bond donors (Lipinski definition) is 2.